The van der Waals surface area contributed by atoms with Crippen molar-refractivity contribution in [2.75, 3.05) is 13.2 Å². The molecular formula is C12H19NO. The van der Waals surface area contributed by atoms with Gasteiger partial charge in [-0.3, -0.25) is 0 Å². The Labute approximate surface area is 86.1 Å². The van der Waals surface area contributed by atoms with E-state index in [4.69, 9.17) is 10.5 Å². The molecule has 1 aromatic carbocycles. The molecular weight excluding hydrogens is 174 g/mol. The highest BCUT2D eigenvalue weighted by molar-refractivity contribution is 5.33. The largest absolute Gasteiger partial charge is 0.493 e. The van der Waals surface area contributed by atoms with Crippen LogP contribution in [0.4, 0.5) is 0 Å². The summed E-state index contributed by atoms with van der Waals surface area (Å²) in [5.41, 5.74) is 6.76. The Bertz CT molecular complexity index is 233. The predicted molar refractivity (Wildman–Crippen MR) is 59.6 cm³/mol. The van der Waals surface area contributed by atoms with Crippen LogP contribution < -0.4 is 10.5 Å². The minimum atomic E-state index is 0.738. The molecule has 0 aliphatic heterocycles. The Morgan fingerprint density at radius 2 is 2.07 bits per heavy atom. The number of ether oxygens (including phenoxy) is 1. The molecule has 0 bridgehead atoms. The van der Waals surface area contributed by atoms with E-state index in [1.54, 1.807) is 0 Å². The summed E-state index contributed by atoms with van der Waals surface area (Å²) in [7, 11) is 0. The smallest absolute Gasteiger partial charge is 0.122 e. The minimum Gasteiger partial charge on any atom is -0.493 e. The fraction of sp³-hybridized carbons (Fsp3) is 0.500. The molecule has 0 amide bonds. The van der Waals surface area contributed by atoms with Gasteiger partial charge in [0.25, 0.3) is 0 Å². The van der Waals surface area contributed by atoms with Gasteiger partial charge in [0.15, 0.2) is 0 Å². The Morgan fingerprint density at radius 1 is 1.29 bits per heavy atom. The summed E-state index contributed by atoms with van der Waals surface area (Å²) in [4.78, 5) is 0. The van der Waals surface area contributed by atoms with Gasteiger partial charge in [0, 0.05) is 0 Å². The van der Waals surface area contributed by atoms with E-state index in [9.17, 15) is 0 Å². The standard InChI is InChI=1S/C12H19NO/c1-2-10-14-12-8-4-3-6-11(12)7-5-9-13/h3-4,6,8H,2,5,7,9-10,13H2,1H3. The highest BCUT2D eigenvalue weighted by Gasteiger charge is 2.01. The van der Waals surface area contributed by atoms with Crippen LogP contribution in [-0.2, 0) is 6.42 Å². The fourth-order valence-corrected chi connectivity index (χ4v) is 1.36. The van der Waals surface area contributed by atoms with E-state index in [0.717, 1.165) is 38.2 Å². The molecule has 1 aromatic rings. The maximum absolute atomic E-state index is 5.64. The van der Waals surface area contributed by atoms with Crippen LogP contribution in [0.25, 0.3) is 0 Å². The van der Waals surface area contributed by atoms with E-state index in [-0.39, 0.29) is 0 Å². The Balaban J connectivity index is 2.60. The molecule has 0 atom stereocenters. The molecule has 2 N–H and O–H groups in total. The van der Waals surface area contributed by atoms with Crippen molar-refractivity contribution >= 4 is 0 Å². The van der Waals surface area contributed by atoms with Crippen molar-refractivity contribution in [1.29, 1.82) is 0 Å². The third-order valence-electron chi connectivity index (χ3n) is 2.08. The summed E-state index contributed by atoms with van der Waals surface area (Å²) in [6, 6.07) is 8.20. The first kappa shape index (κ1) is 11.1. The zero-order valence-electron chi connectivity index (χ0n) is 8.83. The Morgan fingerprint density at radius 3 is 2.79 bits per heavy atom. The summed E-state index contributed by atoms with van der Waals surface area (Å²) < 4.78 is 5.64. The summed E-state index contributed by atoms with van der Waals surface area (Å²) >= 11 is 0. The maximum atomic E-state index is 5.64. The van der Waals surface area contributed by atoms with Gasteiger partial charge in [-0.15, -0.1) is 0 Å². The molecule has 0 aromatic heterocycles. The third-order valence-corrected chi connectivity index (χ3v) is 2.08. The maximum Gasteiger partial charge on any atom is 0.122 e. The number of hydrogen-bond acceptors (Lipinski definition) is 2. The van der Waals surface area contributed by atoms with Crippen molar-refractivity contribution in [2.24, 2.45) is 5.73 Å². The number of benzene rings is 1. The lowest BCUT2D eigenvalue weighted by molar-refractivity contribution is 0.314. The second kappa shape index (κ2) is 6.44. The van der Waals surface area contributed by atoms with E-state index >= 15 is 0 Å². The van der Waals surface area contributed by atoms with Crippen molar-refractivity contribution in [3.05, 3.63) is 29.8 Å². The van der Waals surface area contributed by atoms with Crippen molar-refractivity contribution in [1.82, 2.24) is 0 Å². The Hall–Kier alpha value is -1.02. The second-order valence-corrected chi connectivity index (χ2v) is 3.35. The molecule has 0 unspecified atom stereocenters. The lowest BCUT2D eigenvalue weighted by Gasteiger charge is -2.09. The quantitative estimate of drug-likeness (QED) is 0.752. The highest BCUT2D eigenvalue weighted by Crippen LogP contribution is 2.19. The van der Waals surface area contributed by atoms with E-state index in [0.29, 0.717) is 0 Å². The molecule has 0 aliphatic rings. The predicted octanol–water partition coefficient (Wildman–Crippen LogP) is 2.37. The molecule has 1 rings (SSSR count). The molecule has 0 radical (unpaired) electrons. The number of rotatable bonds is 6. The van der Waals surface area contributed by atoms with Crippen LogP contribution in [0.15, 0.2) is 24.3 Å². The van der Waals surface area contributed by atoms with Gasteiger partial charge in [-0.25, -0.2) is 0 Å². The van der Waals surface area contributed by atoms with Gasteiger partial charge in [0.2, 0.25) is 0 Å². The van der Waals surface area contributed by atoms with E-state index < -0.39 is 0 Å². The number of aryl methyl sites for hydroxylation is 1. The van der Waals surface area contributed by atoms with Crippen LogP contribution in [0.2, 0.25) is 0 Å². The number of hydrogen-bond donors (Lipinski definition) is 1. The van der Waals surface area contributed by atoms with Crippen LogP contribution in [-0.4, -0.2) is 13.2 Å². The zero-order chi connectivity index (χ0) is 10.2. The fourth-order valence-electron chi connectivity index (χ4n) is 1.36. The summed E-state index contributed by atoms with van der Waals surface area (Å²) in [5, 5.41) is 0. The van der Waals surface area contributed by atoms with Crippen LogP contribution in [0.3, 0.4) is 0 Å². The minimum absolute atomic E-state index is 0.738. The van der Waals surface area contributed by atoms with Gasteiger partial charge >= 0.3 is 0 Å². The summed E-state index contributed by atoms with van der Waals surface area (Å²) in [6.45, 7) is 3.64. The van der Waals surface area contributed by atoms with Crippen LogP contribution >= 0.6 is 0 Å². The van der Waals surface area contributed by atoms with E-state index in [1.807, 2.05) is 18.2 Å². The molecule has 0 spiro atoms. The average molecular weight is 193 g/mol. The summed E-state index contributed by atoms with van der Waals surface area (Å²) in [6.07, 6.45) is 3.08. The van der Waals surface area contributed by atoms with Gasteiger partial charge in [-0.05, 0) is 37.4 Å². The van der Waals surface area contributed by atoms with E-state index in [1.165, 1.54) is 5.56 Å². The highest BCUT2D eigenvalue weighted by atomic mass is 16.5. The number of nitrogens with two attached hydrogens (primary N) is 1. The monoisotopic (exact) mass is 193 g/mol. The summed E-state index contributed by atoms with van der Waals surface area (Å²) in [5.74, 6) is 1.02. The van der Waals surface area contributed by atoms with Crippen molar-refractivity contribution in [2.45, 2.75) is 26.2 Å². The van der Waals surface area contributed by atoms with Gasteiger partial charge in [0.05, 0.1) is 6.61 Å². The van der Waals surface area contributed by atoms with Gasteiger partial charge < -0.3 is 10.5 Å². The SMILES string of the molecule is CCCOc1ccccc1CCCN. The van der Waals surface area contributed by atoms with Gasteiger partial charge in [0.1, 0.15) is 5.75 Å². The van der Waals surface area contributed by atoms with Gasteiger partial charge in [-0.1, -0.05) is 25.1 Å². The first-order chi connectivity index (χ1) is 6.88. The van der Waals surface area contributed by atoms with Crippen LogP contribution in [0.1, 0.15) is 25.3 Å². The molecule has 14 heavy (non-hydrogen) atoms. The van der Waals surface area contributed by atoms with Crippen molar-refractivity contribution in [3.8, 4) is 5.75 Å². The normalized spacial score (nSPS) is 10.1. The van der Waals surface area contributed by atoms with Gasteiger partial charge in [-0.2, -0.15) is 0 Å². The average Bonchev–Trinajstić information content (AvgIpc) is 2.24. The van der Waals surface area contributed by atoms with E-state index in [2.05, 4.69) is 13.0 Å². The molecule has 0 heterocycles. The number of para-hydroxylation sites is 1. The zero-order valence-corrected chi connectivity index (χ0v) is 8.83. The second-order valence-electron chi connectivity index (χ2n) is 3.35. The Kier molecular flexibility index (Phi) is 5.08. The van der Waals surface area contributed by atoms with Crippen molar-refractivity contribution in [3.63, 3.8) is 0 Å². The molecule has 0 saturated heterocycles. The molecule has 0 saturated carbocycles. The van der Waals surface area contributed by atoms with Crippen LogP contribution in [0.5, 0.6) is 5.75 Å². The molecule has 0 fully saturated rings. The first-order valence-electron chi connectivity index (χ1n) is 5.29. The van der Waals surface area contributed by atoms with Crippen LogP contribution in [0, 0.1) is 0 Å². The first-order valence-corrected chi connectivity index (χ1v) is 5.29. The lowest BCUT2D eigenvalue weighted by Crippen LogP contribution is -2.03. The van der Waals surface area contributed by atoms with Crippen molar-refractivity contribution < 1.29 is 4.74 Å². The third kappa shape index (κ3) is 3.38. The molecule has 2 nitrogen and oxygen atoms in total. The molecule has 78 valence electrons. The lowest BCUT2D eigenvalue weighted by atomic mass is 10.1. The molecule has 2 heteroatoms. The topological polar surface area (TPSA) is 35.2 Å². The molecule has 0 aliphatic carbocycles.